The van der Waals surface area contributed by atoms with Gasteiger partial charge in [0.25, 0.3) is 0 Å². The Morgan fingerprint density at radius 2 is 2.04 bits per heavy atom. The molecule has 2 rings (SSSR count). The molecule has 1 heterocycles. The van der Waals surface area contributed by atoms with Crippen LogP contribution in [0.1, 0.15) is 27.2 Å². The van der Waals surface area contributed by atoms with Crippen LogP contribution in [0.3, 0.4) is 0 Å². The molecular formula is C18H25N3O2. The van der Waals surface area contributed by atoms with E-state index in [0.29, 0.717) is 0 Å². The molecule has 0 aliphatic rings. The maximum atomic E-state index is 11.6. The van der Waals surface area contributed by atoms with Crippen molar-refractivity contribution in [1.29, 1.82) is 0 Å². The maximum Gasteiger partial charge on any atom is 0.320 e. The first-order valence-electron chi connectivity index (χ1n) is 7.95. The van der Waals surface area contributed by atoms with E-state index in [1.54, 1.807) is 6.20 Å². The molecule has 0 saturated heterocycles. The van der Waals surface area contributed by atoms with Crippen LogP contribution >= 0.6 is 0 Å². The average molecular weight is 315 g/mol. The topological polar surface area (TPSA) is 63.2 Å². The third-order valence-corrected chi connectivity index (χ3v) is 3.22. The monoisotopic (exact) mass is 315 g/mol. The van der Waals surface area contributed by atoms with Crippen molar-refractivity contribution in [2.24, 2.45) is 0 Å². The number of benzene rings is 1. The largest absolute Gasteiger partial charge is 0.459 e. The summed E-state index contributed by atoms with van der Waals surface area (Å²) < 4.78 is 5.24. The van der Waals surface area contributed by atoms with E-state index in [1.807, 2.05) is 39.1 Å². The summed E-state index contributed by atoms with van der Waals surface area (Å²) in [6.45, 7) is 7.45. The summed E-state index contributed by atoms with van der Waals surface area (Å²) in [5, 5.41) is 8.83. The van der Waals surface area contributed by atoms with E-state index in [2.05, 4.69) is 27.8 Å². The molecule has 0 atom stereocenters. The SMILES string of the molecule is CC(C)(C)OC(=O)CNCCCNc1cccc2cnccc12. The van der Waals surface area contributed by atoms with Crippen LogP contribution in [0.25, 0.3) is 10.8 Å². The fraction of sp³-hybridized carbons (Fsp3) is 0.444. The zero-order valence-electron chi connectivity index (χ0n) is 14.1. The lowest BCUT2D eigenvalue weighted by Crippen LogP contribution is -2.32. The predicted molar refractivity (Wildman–Crippen MR) is 93.6 cm³/mol. The van der Waals surface area contributed by atoms with Gasteiger partial charge in [0.2, 0.25) is 0 Å². The summed E-state index contributed by atoms with van der Waals surface area (Å²) in [5.74, 6) is -0.216. The summed E-state index contributed by atoms with van der Waals surface area (Å²) >= 11 is 0. The highest BCUT2D eigenvalue weighted by Gasteiger charge is 2.15. The van der Waals surface area contributed by atoms with Crippen LogP contribution in [-0.2, 0) is 9.53 Å². The molecule has 0 unspecified atom stereocenters. The third kappa shape index (κ3) is 5.87. The summed E-state index contributed by atoms with van der Waals surface area (Å²) in [6.07, 6.45) is 4.59. The van der Waals surface area contributed by atoms with E-state index in [0.717, 1.165) is 30.6 Å². The van der Waals surface area contributed by atoms with Crippen molar-refractivity contribution in [3.05, 3.63) is 36.7 Å². The molecule has 0 aliphatic heterocycles. The number of anilines is 1. The van der Waals surface area contributed by atoms with E-state index in [-0.39, 0.29) is 12.5 Å². The molecule has 0 fully saturated rings. The lowest BCUT2D eigenvalue weighted by atomic mass is 10.1. The molecule has 0 amide bonds. The summed E-state index contributed by atoms with van der Waals surface area (Å²) in [6, 6.07) is 8.15. The van der Waals surface area contributed by atoms with Gasteiger partial charge < -0.3 is 15.4 Å². The molecule has 23 heavy (non-hydrogen) atoms. The molecule has 0 saturated carbocycles. The molecule has 2 aromatic rings. The Balaban J connectivity index is 1.69. The predicted octanol–water partition coefficient (Wildman–Crippen LogP) is 2.97. The zero-order chi connectivity index (χ0) is 16.7. The van der Waals surface area contributed by atoms with Crippen LogP contribution < -0.4 is 10.6 Å². The summed E-state index contributed by atoms with van der Waals surface area (Å²) in [5.41, 5.74) is 0.681. The smallest absolute Gasteiger partial charge is 0.320 e. The number of ether oxygens (including phenoxy) is 1. The van der Waals surface area contributed by atoms with Gasteiger partial charge in [-0.3, -0.25) is 9.78 Å². The Kier molecular flexibility index (Phi) is 5.93. The van der Waals surface area contributed by atoms with Gasteiger partial charge in [0.05, 0.1) is 6.54 Å². The van der Waals surface area contributed by atoms with Gasteiger partial charge in [-0.05, 0) is 45.9 Å². The van der Waals surface area contributed by atoms with Gasteiger partial charge in [-0.15, -0.1) is 0 Å². The third-order valence-electron chi connectivity index (χ3n) is 3.22. The number of hydrogen-bond donors (Lipinski definition) is 2. The van der Waals surface area contributed by atoms with Crippen molar-refractivity contribution in [3.63, 3.8) is 0 Å². The molecule has 0 bridgehead atoms. The van der Waals surface area contributed by atoms with Crippen LogP contribution in [0.15, 0.2) is 36.7 Å². The number of carbonyl (C=O) groups excluding carboxylic acids is 1. The molecule has 5 heteroatoms. The molecule has 0 radical (unpaired) electrons. The highest BCUT2D eigenvalue weighted by atomic mass is 16.6. The molecular weight excluding hydrogens is 290 g/mol. The minimum atomic E-state index is -0.427. The number of pyridine rings is 1. The quantitative estimate of drug-likeness (QED) is 0.607. The molecule has 1 aromatic heterocycles. The average Bonchev–Trinajstić information content (AvgIpc) is 2.49. The number of carbonyl (C=O) groups is 1. The Labute approximate surface area is 137 Å². The van der Waals surface area contributed by atoms with Gasteiger partial charge in [-0.1, -0.05) is 12.1 Å². The van der Waals surface area contributed by atoms with E-state index in [9.17, 15) is 4.79 Å². The molecule has 5 nitrogen and oxygen atoms in total. The van der Waals surface area contributed by atoms with E-state index >= 15 is 0 Å². The van der Waals surface area contributed by atoms with Gasteiger partial charge in [0.15, 0.2) is 0 Å². The van der Waals surface area contributed by atoms with E-state index in [4.69, 9.17) is 4.74 Å². The molecule has 0 aliphatic carbocycles. The number of hydrogen-bond acceptors (Lipinski definition) is 5. The number of esters is 1. The number of aromatic nitrogens is 1. The van der Waals surface area contributed by atoms with Crippen molar-refractivity contribution >= 4 is 22.4 Å². The Morgan fingerprint density at radius 1 is 1.22 bits per heavy atom. The number of fused-ring (bicyclic) bond motifs is 1. The van der Waals surface area contributed by atoms with Crippen LogP contribution in [0.5, 0.6) is 0 Å². The molecule has 1 aromatic carbocycles. The minimum Gasteiger partial charge on any atom is -0.459 e. The van der Waals surface area contributed by atoms with Gasteiger partial charge in [0, 0.05) is 35.4 Å². The Hall–Kier alpha value is -2.14. The van der Waals surface area contributed by atoms with Crippen molar-refractivity contribution < 1.29 is 9.53 Å². The fourth-order valence-corrected chi connectivity index (χ4v) is 2.28. The molecule has 0 spiro atoms. The number of nitrogens with one attached hydrogen (secondary N) is 2. The second kappa shape index (κ2) is 7.92. The standard InChI is InChI=1S/C18H25N3O2/c1-18(2,3)23-17(22)13-19-9-5-10-21-16-7-4-6-14-12-20-11-8-15(14)16/h4,6-8,11-12,19,21H,5,9-10,13H2,1-3H3. The first kappa shape index (κ1) is 17.2. The Bertz CT molecular complexity index is 645. The van der Waals surface area contributed by atoms with Crippen LogP contribution in [0.2, 0.25) is 0 Å². The first-order chi connectivity index (χ1) is 11.0. The summed E-state index contributed by atoms with van der Waals surface area (Å²) in [7, 11) is 0. The number of nitrogens with zero attached hydrogens (tertiary/aromatic N) is 1. The second-order valence-electron chi connectivity index (χ2n) is 6.45. The normalized spacial score (nSPS) is 11.4. The first-order valence-corrected chi connectivity index (χ1v) is 7.95. The van der Waals surface area contributed by atoms with E-state index < -0.39 is 5.60 Å². The van der Waals surface area contributed by atoms with Gasteiger partial charge in [0.1, 0.15) is 5.60 Å². The lowest BCUT2D eigenvalue weighted by Gasteiger charge is -2.19. The van der Waals surface area contributed by atoms with Crippen molar-refractivity contribution in [3.8, 4) is 0 Å². The lowest BCUT2D eigenvalue weighted by molar-refractivity contribution is -0.153. The van der Waals surface area contributed by atoms with Crippen molar-refractivity contribution in [2.75, 3.05) is 25.0 Å². The van der Waals surface area contributed by atoms with Crippen molar-refractivity contribution in [2.45, 2.75) is 32.8 Å². The molecule has 124 valence electrons. The molecule has 2 N–H and O–H groups in total. The highest BCUT2D eigenvalue weighted by molar-refractivity contribution is 5.93. The maximum absolute atomic E-state index is 11.6. The zero-order valence-corrected chi connectivity index (χ0v) is 14.1. The van der Waals surface area contributed by atoms with Crippen LogP contribution in [0, 0.1) is 0 Å². The van der Waals surface area contributed by atoms with Gasteiger partial charge in [-0.25, -0.2) is 0 Å². The number of rotatable bonds is 7. The summed E-state index contributed by atoms with van der Waals surface area (Å²) in [4.78, 5) is 15.7. The minimum absolute atomic E-state index is 0.216. The van der Waals surface area contributed by atoms with Crippen LogP contribution in [-0.4, -0.2) is 36.2 Å². The van der Waals surface area contributed by atoms with Crippen molar-refractivity contribution in [1.82, 2.24) is 10.3 Å². The highest BCUT2D eigenvalue weighted by Crippen LogP contribution is 2.21. The fourth-order valence-electron chi connectivity index (χ4n) is 2.28. The Morgan fingerprint density at radius 3 is 2.83 bits per heavy atom. The van der Waals surface area contributed by atoms with Gasteiger partial charge in [-0.2, -0.15) is 0 Å². The van der Waals surface area contributed by atoms with E-state index in [1.165, 1.54) is 5.39 Å². The van der Waals surface area contributed by atoms with Gasteiger partial charge >= 0.3 is 5.97 Å². The van der Waals surface area contributed by atoms with Crippen LogP contribution in [0.4, 0.5) is 5.69 Å². The second-order valence-corrected chi connectivity index (χ2v) is 6.45.